The van der Waals surface area contributed by atoms with Gasteiger partial charge in [-0.05, 0) is 19.3 Å². The lowest BCUT2D eigenvalue weighted by Gasteiger charge is -2.15. The van der Waals surface area contributed by atoms with Crippen molar-refractivity contribution in [3.05, 3.63) is 0 Å². The summed E-state index contributed by atoms with van der Waals surface area (Å²) in [5, 5.41) is 0. The van der Waals surface area contributed by atoms with Gasteiger partial charge in [0.1, 0.15) is 5.78 Å². The lowest BCUT2D eigenvalue weighted by atomic mass is 9.89. The second kappa shape index (κ2) is 20.0. The zero-order valence-corrected chi connectivity index (χ0v) is 17.9. The first-order valence-electron chi connectivity index (χ1n) is 11.8. The first-order chi connectivity index (χ1) is 12.3. The molecule has 1 nitrogen and oxygen atoms in total. The highest BCUT2D eigenvalue weighted by atomic mass is 16.1. The van der Waals surface area contributed by atoms with Gasteiger partial charge in [-0.1, -0.05) is 117 Å². The van der Waals surface area contributed by atoms with Crippen molar-refractivity contribution in [2.45, 2.75) is 143 Å². The molecule has 0 aromatic carbocycles. The Morgan fingerprint density at radius 2 is 0.920 bits per heavy atom. The fourth-order valence-corrected chi connectivity index (χ4v) is 3.70. The Hall–Kier alpha value is -0.330. The Morgan fingerprint density at radius 1 is 0.520 bits per heavy atom. The Balaban J connectivity index is 3.55. The van der Waals surface area contributed by atoms with Crippen LogP contribution in [0.3, 0.4) is 0 Å². The SMILES string of the molecule is CCCCCCCCCCCCCCC(CCCC)C(=O)CCCC. The van der Waals surface area contributed by atoms with Gasteiger partial charge in [0, 0.05) is 12.3 Å². The molecule has 0 fully saturated rings. The minimum atomic E-state index is 0.370. The van der Waals surface area contributed by atoms with Crippen molar-refractivity contribution in [3.63, 3.8) is 0 Å². The highest BCUT2D eigenvalue weighted by Crippen LogP contribution is 2.21. The smallest absolute Gasteiger partial charge is 0.135 e. The van der Waals surface area contributed by atoms with Gasteiger partial charge in [-0.15, -0.1) is 0 Å². The molecule has 1 atom stereocenters. The topological polar surface area (TPSA) is 17.1 Å². The van der Waals surface area contributed by atoms with Gasteiger partial charge in [0.05, 0.1) is 0 Å². The molecule has 0 bridgehead atoms. The third kappa shape index (κ3) is 16.9. The third-order valence-electron chi connectivity index (χ3n) is 5.54. The van der Waals surface area contributed by atoms with Crippen LogP contribution < -0.4 is 0 Å². The summed E-state index contributed by atoms with van der Waals surface area (Å²) in [6.07, 6.45) is 24.5. The monoisotopic (exact) mass is 352 g/mol. The van der Waals surface area contributed by atoms with Crippen LogP contribution in [0.4, 0.5) is 0 Å². The maximum absolute atomic E-state index is 12.3. The van der Waals surface area contributed by atoms with E-state index in [1.165, 1.54) is 89.9 Å². The van der Waals surface area contributed by atoms with E-state index >= 15 is 0 Å². The average molecular weight is 353 g/mol. The van der Waals surface area contributed by atoms with Crippen molar-refractivity contribution < 1.29 is 4.79 Å². The molecular formula is C24H48O. The van der Waals surface area contributed by atoms with Gasteiger partial charge in [-0.3, -0.25) is 4.79 Å². The molecule has 0 radical (unpaired) electrons. The first-order valence-corrected chi connectivity index (χ1v) is 11.8. The van der Waals surface area contributed by atoms with Crippen LogP contribution in [-0.4, -0.2) is 5.78 Å². The molecule has 0 aliphatic rings. The van der Waals surface area contributed by atoms with E-state index in [-0.39, 0.29) is 0 Å². The number of rotatable bonds is 20. The third-order valence-corrected chi connectivity index (χ3v) is 5.54. The predicted molar refractivity (Wildman–Crippen MR) is 113 cm³/mol. The van der Waals surface area contributed by atoms with Crippen LogP contribution >= 0.6 is 0 Å². The summed E-state index contributed by atoms with van der Waals surface area (Å²) in [6.45, 7) is 6.70. The number of carbonyl (C=O) groups excluding carboxylic acids is 1. The Kier molecular flexibility index (Phi) is 19.7. The number of hydrogen-bond donors (Lipinski definition) is 0. The number of unbranched alkanes of at least 4 members (excludes halogenated alkanes) is 13. The molecule has 1 heteroatoms. The molecule has 0 saturated heterocycles. The number of Topliss-reactive ketones (excluding diaryl/α,β-unsaturated/α-hetero) is 1. The minimum absolute atomic E-state index is 0.370. The maximum Gasteiger partial charge on any atom is 0.135 e. The van der Waals surface area contributed by atoms with Gasteiger partial charge in [0.25, 0.3) is 0 Å². The van der Waals surface area contributed by atoms with Gasteiger partial charge in [-0.2, -0.15) is 0 Å². The highest BCUT2D eigenvalue weighted by Gasteiger charge is 2.16. The van der Waals surface area contributed by atoms with Crippen LogP contribution in [0.15, 0.2) is 0 Å². The summed E-state index contributed by atoms with van der Waals surface area (Å²) in [5.74, 6) is 0.924. The zero-order chi connectivity index (χ0) is 18.6. The lowest BCUT2D eigenvalue weighted by Crippen LogP contribution is -2.14. The largest absolute Gasteiger partial charge is 0.299 e. The molecule has 0 heterocycles. The second-order valence-corrected chi connectivity index (χ2v) is 8.09. The maximum atomic E-state index is 12.3. The molecule has 0 saturated carbocycles. The van der Waals surface area contributed by atoms with Gasteiger partial charge in [0.2, 0.25) is 0 Å². The van der Waals surface area contributed by atoms with Gasteiger partial charge in [-0.25, -0.2) is 0 Å². The van der Waals surface area contributed by atoms with Gasteiger partial charge >= 0.3 is 0 Å². The molecule has 0 N–H and O–H groups in total. The van der Waals surface area contributed by atoms with E-state index in [1.807, 2.05) is 0 Å². The Morgan fingerprint density at radius 3 is 1.40 bits per heavy atom. The fraction of sp³-hybridized carbons (Fsp3) is 0.958. The van der Waals surface area contributed by atoms with E-state index in [2.05, 4.69) is 20.8 Å². The molecule has 0 aromatic rings. The molecule has 0 rings (SSSR count). The summed E-state index contributed by atoms with van der Waals surface area (Å²) >= 11 is 0. The molecule has 0 aromatic heterocycles. The van der Waals surface area contributed by atoms with Gasteiger partial charge < -0.3 is 0 Å². The number of hydrogen-bond acceptors (Lipinski definition) is 1. The van der Waals surface area contributed by atoms with Gasteiger partial charge in [0.15, 0.2) is 0 Å². The van der Waals surface area contributed by atoms with E-state index < -0.39 is 0 Å². The Bertz CT molecular complexity index is 271. The fourth-order valence-electron chi connectivity index (χ4n) is 3.70. The molecule has 1 unspecified atom stereocenters. The van der Waals surface area contributed by atoms with E-state index in [9.17, 15) is 4.79 Å². The molecule has 25 heavy (non-hydrogen) atoms. The van der Waals surface area contributed by atoms with Crippen molar-refractivity contribution in [1.29, 1.82) is 0 Å². The summed E-state index contributed by atoms with van der Waals surface area (Å²) in [7, 11) is 0. The minimum Gasteiger partial charge on any atom is -0.299 e. The van der Waals surface area contributed by atoms with Crippen molar-refractivity contribution in [2.75, 3.05) is 0 Å². The van der Waals surface area contributed by atoms with Crippen LogP contribution in [0.25, 0.3) is 0 Å². The van der Waals surface area contributed by atoms with Crippen LogP contribution in [0.1, 0.15) is 143 Å². The van der Waals surface area contributed by atoms with E-state index in [1.54, 1.807) is 0 Å². The lowest BCUT2D eigenvalue weighted by molar-refractivity contribution is -0.123. The number of carbonyl (C=O) groups is 1. The summed E-state index contributed by atoms with van der Waals surface area (Å²) in [6, 6.07) is 0. The molecular weight excluding hydrogens is 304 g/mol. The van der Waals surface area contributed by atoms with Crippen LogP contribution in [0.5, 0.6) is 0 Å². The number of ketones is 1. The highest BCUT2D eigenvalue weighted by molar-refractivity contribution is 5.80. The summed E-state index contributed by atoms with van der Waals surface area (Å²) in [4.78, 5) is 12.3. The van der Waals surface area contributed by atoms with Crippen molar-refractivity contribution >= 4 is 5.78 Å². The summed E-state index contributed by atoms with van der Waals surface area (Å²) in [5.41, 5.74) is 0. The molecule has 150 valence electrons. The van der Waals surface area contributed by atoms with Crippen molar-refractivity contribution in [3.8, 4) is 0 Å². The second-order valence-electron chi connectivity index (χ2n) is 8.09. The van der Waals surface area contributed by atoms with E-state index in [0.29, 0.717) is 11.7 Å². The molecule has 0 aliphatic carbocycles. The zero-order valence-electron chi connectivity index (χ0n) is 17.9. The molecule has 0 spiro atoms. The van der Waals surface area contributed by atoms with Crippen molar-refractivity contribution in [2.24, 2.45) is 5.92 Å². The average Bonchev–Trinajstić information content (AvgIpc) is 2.63. The van der Waals surface area contributed by atoms with E-state index in [4.69, 9.17) is 0 Å². The van der Waals surface area contributed by atoms with Crippen molar-refractivity contribution in [1.82, 2.24) is 0 Å². The van der Waals surface area contributed by atoms with Crippen LogP contribution in [0.2, 0.25) is 0 Å². The van der Waals surface area contributed by atoms with Crippen LogP contribution in [0, 0.1) is 5.92 Å². The van der Waals surface area contributed by atoms with E-state index in [0.717, 1.165) is 32.1 Å². The predicted octanol–water partition coefficient (Wildman–Crippen LogP) is 8.64. The standard InChI is InChI=1S/C24H48O/c1-4-7-10-11-12-13-14-15-16-17-18-19-21-23(20-8-5-2)24(25)22-9-6-3/h23H,4-22H2,1-3H3. The Labute approximate surface area is 159 Å². The summed E-state index contributed by atoms with van der Waals surface area (Å²) < 4.78 is 0. The quantitative estimate of drug-likeness (QED) is 0.200. The van der Waals surface area contributed by atoms with Crippen LogP contribution in [-0.2, 0) is 4.79 Å². The normalized spacial score (nSPS) is 12.4. The first kappa shape index (κ1) is 24.7. The molecule has 0 aliphatic heterocycles. The molecule has 0 amide bonds.